The summed E-state index contributed by atoms with van der Waals surface area (Å²) in [6.07, 6.45) is 0.0948. The van der Waals surface area contributed by atoms with Gasteiger partial charge in [-0.05, 0) is 12.5 Å². The lowest BCUT2D eigenvalue weighted by Crippen LogP contribution is -2.40. The van der Waals surface area contributed by atoms with Gasteiger partial charge in [-0.2, -0.15) is 4.98 Å². The zero-order valence-corrected chi connectivity index (χ0v) is 14.3. The highest BCUT2D eigenvalue weighted by Gasteiger charge is 2.30. The van der Waals surface area contributed by atoms with E-state index in [2.05, 4.69) is 67.0 Å². The van der Waals surface area contributed by atoms with Gasteiger partial charge in [0, 0.05) is 18.5 Å². The molecule has 0 aliphatic carbocycles. The Morgan fingerprint density at radius 3 is 2.61 bits per heavy atom. The highest BCUT2D eigenvalue weighted by atomic mass is 16.5. The van der Waals surface area contributed by atoms with Crippen molar-refractivity contribution >= 4 is 0 Å². The van der Waals surface area contributed by atoms with Crippen LogP contribution in [0.2, 0.25) is 0 Å². The predicted molar refractivity (Wildman–Crippen MR) is 88.1 cm³/mol. The minimum atomic E-state index is -0.0982. The number of hydrogen-bond acceptors (Lipinski definition) is 5. The van der Waals surface area contributed by atoms with Gasteiger partial charge >= 0.3 is 0 Å². The van der Waals surface area contributed by atoms with Crippen molar-refractivity contribution in [1.29, 1.82) is 0 Å². The molecule has 2 atom stereocenters. The van der Waals surface area contributed by atoms with E-state index in [4.69, 9.17) is 9.26 Å². The fourth-order valence-corrected chi connectivity index (χ4v) is 2.76. The summed E-state index contributed by atoms with van der Waals surface area (Å²) in [6.45, 7) is 10.8. The number of morpholine rings is 1. The molecule has 1 aliphatic rings. The average molecular weight is 315 g/mol. The van der Waals surface area contributed by atoms with Gasteiger partial charge in [0.05, 0.1) is 18.8 Å². The lowest BCUT2D eigenvalue weighted by molar-refractivity contribution is -0.0469. The van der Waals surface area contributed by atoms with Crippen molar-refractivity contribution in [3.8, 4) is 0 Å². The predicted octanol–water partition coefficient (Wildman–Crippen LogP) is 3.50. The van der Waals surface area contributed by atoms with E-state index in [1.54, 1.807) is 0 Å². The van der Waals surface area contributed by atoms with Crippen LogP contribution in [0, 0.1) is 0 Å². The van der Waals surface area contributed by atoms with E-state index in [1.165, 1.54) is 5.56 Å². The SMILES string of the molecule is C[C@@H](c1nc(C(C)(C)C)no1)N1CCO[C@H](c2ccccc2)C1. The van der Waals surface area contributed by atoms with Gasteiger partial charge in [0.2, 0.25) is 5.89 Å². The summed E-state index contributed by atoms with van der Waals surface area (Å²) in [5.74, 6) is 1.44. The Bertz CT molecular complexity index is 633. The van der Waals surface area contributed by atoms with Crippen LogP contribution < -0.4 is 0 Å². The van der Waals surface area contributed by atoms with E-state index in [0.717, 1.165) is 18.9 Å². The third kappa shape index (κ3) is 3.62. The van der Waals surface area contributed by atoms with Crippen molar-refractivity contribution in [2.24, 2.45) is 0 Å². The summed E-state index contributed by atoms with van der Waals surface area (Å²) in [5.41, 5.74) is 1.12. The third-order valence-corrected chi connectivity index (χ3v) is 4.29. The molecule has 0 unspecified atom stereocenters. The van der Waals surface area contributed by atoms with Crippen molar-refractivity contribution in [1.82, 2.24) is 15.0 Å². The van der Waals surface area contributed by atoms with Gasteiger partial charge in [-0.25, -0.2) is 0 Å². The first kappa shape index (κ1) is 16.1. The first-order chi connectivity index (χ1) is 10.9. The van der Waals surface area contributed by atoms with Gasteiger partial charge in [0.1, 0.15) is 0 Å². The largest absolute Gasteiger partial charge is 0.371 e. The quantitative estimate of drug-likeness (QED) is 0.867. The highest BCUT2D eigenvalue weighted by Crippen LogP contribution is 2.29. The Balaban J connectivity index is 1.72. The molecule has 1 saturated heterocycles. The minimum absolute atomic E-state index is 0.0914. The molecule has 2 aromatic rings. The molecule has 0 N–H and O–H groups in total. The zero-order valence-electron chi connectivity index (χ0n) is 14.3. The normalized spacial score (nSPS) is 21.3. The Morgan fingerprint density at radius 2 is 1.96 bits per heavy atom. The van der Waals surface area contributed by atoms with Crippen LogP contribution >= 0.6 is 0 Å². The molecule has 5 nitrogen and oxygen atoms in total. The van der Waals surface area contributed by atoms with Crippen LogP contribution in [-0.2, 0) is 10.2 Å². The summed E-state index contributed by atoms with van der Waals surface area (Å²) in [7, 11) is 0. The van der Waals surface area contributed by atoms with Gasteiger partial charge in [-0.3, -0.25) is 4.90 Å². The molecular formula is C18H25N3O2. The van der Waals surface area contributed by atoms with Crippen LogP contribution in [0.4, 0.5) is 0 Å². The first-order valence-corrected chi connectivity index (χ1v) is 8.20. The number of rotatable bonds is 3. The molecule has 2 heterocycles. The highest BCUT2D eigenvalue weighted by molar-refractivity contribution is 5.18. The van der Waals surface area contributed by atoms with Crippen LogP contribution in [-0.4, -0.2) is 34.7 Å². The monoisotopic (exact) mass is 315 g/mol. The molecule has 1 aromatic heterocycles. The Hall–Kier alpha value is -1.72. The summed E-state index contributed by atoms with van der Waals surface area (Å²) in [4.78, 5) is 6.94. The number of benzene rings is 1. The van der Waals surface area contributed by atoms with E-state index >= 15 is 0 Å². The number of ether oxygens (including phenoxy) is 1. The number of hydrogen-bond donors (Lipinski definition) is 0. The molecule has 1 aromatic carbocycles. The number of nitrogens with zero attached hydrogens (tertiary/aromatic N) is 3. The molecule has 1 aliphatic heterocycles. The fourth-order valence-electron chi connectivity index (χ4n) is 2.76. The van der Waals surface area contributed by atoms with Gasteiger partial charge in [-0.1, -0.05) is 56.3 Å². The van der Waals surface area contributed by atoms with E-state index in [1.807, 2.05) is 6.07 Å². The maximum absolute atomic E-state index is 5.93. The Kier molecular flexibility index (Phi) is 4.50. The van der Waals surface area contributed by atoms with Crippen molar-refractivity contribution in [2.45, 2.75) is 45.3 Å². The van der Waals surface area contributed by atoms with Crippen LogP contribution in [0.5, 0.6) is 0 Å². The molecule has 5 heteroatoms. The molecule has 0 bridgehead atoms. The van der Waals surface area contributed by atoms with Crippen molar-refractivity contribution in [3.05, 3.63) is 47.6 Å². The topological polar surface area (TPSA) is 51.4 Å². The minimum Gasteiger partial charge on any atom is -0.371 e. The molecule has 1 fully saturated rings. The van der Waals surface area contributed by atoms with Crippen molar-refractivity contribution in [2.75, 3.05) is 19.7 Å². The van der Waals surface area contributed by atoms with E-state index in [0.29, 0.717) is 12.5 Å². The van der Waals surface area contributed by atoms with Crippen LogP contribution in [0.25, 0.3) is 0 Å². The fraction of sp³-hybridized carbons (Fsp3) is 0.556. The second kappa shape index (κ2) is 6.42. The third-order valence-electron chi connectivity index (χ3n) is 4.29. The smallest absolute Gasteiger partial charge is 0.243 e. The summed E-state index contributed by atoms with van der Waals surface area (Å²) >= 11 is 0. The van der Waals surface area contributed by atoms with Gasteiger partial charge in [0.15, 0.2) is 5.82 Å². The van der Waals surface area contributed by atoms with Gasteiger partial charge < -0.3 is 9.26 Å². The zero-order chi connectivity index (χ0) is 16.4. The second-order valence-corrected chi connectivity index (χ2v) is 7.15. The molecule has 3 rings (SSSR count). The molecule has 0 spiro atoms. The van der Waals surface area contributed by atoms with E-state index < -0.39 is 0 Å². The van der Waals surface area contributed by atoms with E-state index in [-0.39, 0.29) is 17.6 Å². The molecule has 0 radical (unpaired) electrons. The first-order valence-electron chi connectivity index (χ1n) is 8.20. The summed E-state index contributed by atoms with van der Waals surface area (Å²) in [6, 6.07) is 10.4. The van der Waals surface area contributed by atoms with Crippen LogP contribution in [0.1, 0.15) is 57.1 Å². The van der Waals surface area contributed by atoms with Gasteiger partial charge in [-0.15, -0.1) is 0 Å². The lowest BCUT2D eigenvalue weighted by atomic mass is 9.96. The summed E-state index contributed by atoms with van der Waals surface area (Å²) in [5, 5.41) is 4.14. The molecular weight excluding hydrogens is 290 g/mol. The van der Waals surface area contributed by atoms with Gasteiger partial charge in [0.25, 0.3) is 0 Å². The van der Waals surface area contributed by atoms with Crippen molar-refractivity contribution in [3.63, 3.8) is 0 Å². The molecule has 0 amide bonds. The van der Waals surface area contributed by atoms with E-state index in [9.17, 15) is 0 Å². The van der Waals surface area contributed by atoms with Crippen LogP contribution in [0.15, 0.2) is 34.9 Å². The molecule has 124 valence electrons. The standard InChI is InChI=1S/C18H25N3O2/c1-13(16-19-17(20-23-16)18(2,3)4)21-10-11-22-15(12-21)14-8-6-5-7-9-14/h5-9,13,15H,10-12H2,1-4H3/t13-,15-/m0/s1. The Morgan fingerprint density at radius 1 is 1.22 bits per heavy atom. The average Bonchev–Trinajstić information content (AvgIpc) is 3.05. The summed E-state index contributed by atoms with van der Waals surface area (Å²) < 4.78 is 11.4. The number of aromatic nitrogens is 2. The lowest BCUT2D eigenvalue weighted by Gasteiger charge is -2.35. The maximum Gasteiger partial charge on any atom is 0.243 e. The maximum atomic E-state index is 5.93. The molecule has 0 saturated carbocycles. The Labute approximate surface area is 137 Å². The van der Waals surface area contributed by atoms with Crippen molar-refractivity contribution < 1.29 is 9.26 Å². The van der Waals surface area contributed by atoms with Crippen LogP contribution in [0.3, 0.4) is 0 Å². The second-order valence-electron chi connectivity index (χ2n) is 7.15. The molecule has 23 heavy (non-hydrogen) atoms.